The van der Waals surface area contributed by atoms with Crippen LogP contribution in [0, 0.1) is 0 Å². The summed E-state index contributed by atoms with van der Waals surface area (Å²) in [6, 6.07) is 18.9. The second kappa shape index (κ2) is 8.74. The molecule has 1 aromatic heterocycles. The number of rotatable bonds is 7. The van der Waals surface area contributed by atoms with Crippen LogP contribution in [0.25, 0.3) is 6.08 Å². The summed E-state index contributed by atoms with van der Waals surface area (Å²) < 4.78 is 0. The molecule has 0 atom stereocenters. The minimum Gasteiger partial charge on any atom is -0.392 e. The summed E-state index contributed by atoms with van der Waals surface area (Å²) in [6.07, 6.45) is 6.73. The Morgan fingerprint density at radius 3 is 2.58 bits per heavy atom. The molecule has 0 aliphatic heterocycles. The van der Waals surface area contributed by atoms with Crippen molar-refractivity contribution in [2.75, 3.05) is 5.32 Å². The second-order valence-electron chi connectivity index (χ2n) is 5.89. The molecule has 0 aliphatic rings. The number of benzene rings is 2. The molecule has 0 amide bonds. The van der Waals surface area contributed by atoms with Crippen LogP contribution in [0.15, 0.2) is 79.1 Å². The molecule has 3 rings (SSSR count). The highest BCUT2D eigenvalue weighted by atomic mass is 16.3. The summed E-state index contributed by atoms with van der Waals surface area (Å²) >= 11 is 0. The fourth-order valence-electron chi connectivity index (χ4n) is 2.49. The van der Waals surface area contributed by atoms with Gasteiger partial charge in [0.25, 0.3) is 0 Å². The lowest BCUT2D eigenvalue weighted by molar-refractivity contribution is 0.104. The Kier molecular flexibility index (Phi) is 5.91. The van der Waals surface area contributed by atoms with Crippen LogP contribution in [0.3, 0.4) is 0 Å². The third kappa shape index (κ3) is 4.88. The van der Waals surface area contributed by atoms with E-state index in [2.05, 4.69) is 10.3 Å². The molecule has 0 spiro atoms. The molecular formula is C22H20N2O2. The lowest BCUT2D eigenvalue weighted by atomic mass is 10.1. The number of nitrogens with one attached hydrogen (secondary N) is 1. The average Bonchev–Trinajstić information content (AvgIpc) is 2.72. The lowest BCUT2D eigenvalue weighted by Gasteiger charge is -2.08. The monoisotopic (exact) mass is 344 g/mol. The Morgan fingerprint density at radius 2 is 1.85 bits per heavy atom. The van der Waals surface area contributed by atoms with E-state index in [4.69, 9.17) is 5.11 Å². The van der Waals surface area contributed by atoms with Crippen LogP contribution in [0.5, 0.6) is 0 Å². The first-order valence-corrected chi connectivity index (χ1v) is 8.39. The number of aliphatic hydroxyl groups excluding tert-OH is 1. The predicted molar refractivity (Wildman–Crippen MR) is 104 cm³/mol. The standard InChI is InChI=1S/C22H20N2O2/c25-16-19-8-6-18(7-9-19)15-24-21-5-1-4-20(13-21)22(26)11-10-17-3-2-12-23-14-17/h1-14,24-25H,15-16H2/b11-10+. The molecule has 4 heteroatoms. The van der Waals surface area contributed by atoms with Crippen LogP contribution in [-0.4, -0.2) is 15.9 Å². The van der Waals surface area contributed by atoms with Gasteiger partial charge < -0.3 is 10.4 Å². The molecule has 0 saturated carbocycles. The van der Waals surface area contributed by atoms with E-state index < -0.39 is 0 Å². The highest BCUT2D eigenvalue weighted by Gasteiger charge is 2.03. The van der Waals surface area contributed by atoms with Gasteiger partial charge in [0, 0.05) is 30.2 Å². The Morgan fingerprint density at radius 1 is 1.04 bits per heavy atom. The molecule has 2 aromatic carbocycles. The van der Waals surface area contributed by atoms with Crippen molar-refractivity contribution in [1.82, 2.24) is 4.98 Å². The number of aliphatic hydroxyl groups is 1. The van der Waals surface area contributed by atoms with Gasteiger partial charge in [-0.1, -0.05) is 42.5 Å². The van der Waals surface area contributed by atoms with Crippen molar-refractivity contribution in [2.24, 2.45) is 0 Å². The number of anilines is 1. The number of aromatic nitrogens is 1. The van der Waals surface area contributed by atoms with Gasteiger partial charge in [-0.3, -0.25) is 9.78 Å². The molecule has 3 aromatic rings. The largest absolute Gasteiger partial charge is 0.392 e. The molecule has 1 heterocycles. The van der Waals surface area contributed by atoms with Crippen molar-refractivity contribution in [3.8, 4) is 0 Å². The van der Waals surface area contributed by atoms with Crippen molar-refractivity contribution in [1.29, 1.82) is 0 Å². The Labute approximate surface area is 152 Å². The van der Waals surface area contributed by atoms with Crippen LogP contribution < -0.4 is 5.32 Å². The van der Waals surface area contributed by atoms with E-state index in [1.165, 1.54) is 0 Å². The highest BCUT2D eigenvalue weighted by Crippen LogP contribution is 2.14. The zero-order valence-electron chi connectivity index (χ0n) is 14.3. The predicted octanol–water partition coefficient (Wildman–Crippen LogP) is 4.08. The van der Waals surface area contributed by atoms with Crippen molar-refractivity contribution in [2.45, 2.75) is 13.2 Å². The van der Waals surface area contributed by atoms with Gasteiger partial charge in [-0.2, -0.15) is 0 Å². The van der Waals surface area contributed by atoms with Gasteiger partial charge in [-0.05, 0) is 47.0 Å². The maximum Gasteiger partial charge on any atom is 0.185 e. The van der Waals surface area contributed by atoms with E-state index in [1.807, 2.05) is 54.6 Å². The number of carbonyl (C=O) groups is 1. The molecule has 130 valence electrons. The molecule has 0 bridgehead atoms. The summed E-state index contributed by atoms with van der Waals surface area (Å²) in [5, 5.41) is 12.4. The van der Waals surface area contributed by atoms with Gasteiger partial charge in [0.2, 0.25) is 0 Å². The quantitative estimate of drug-likeness (QED) is 0.501. The molecule has 0 aliphatic carbocycles. The van der Waals surface area contributed by atoms with Gasteiger partial charge in [-0.15, -0.1) is 0 Å². The zero-order chi connectivity index (χ0) is 18.2. The van der Waals surface area contributed by atoms with Crippen LogP contribution in [0.2, 0.25) is 0 Å². The maximum absolute atomic E-state index is 12.4. The topological polar surface area (TPSA) is 62.2 Å². The molecule has 0 radical (unpaired) electrons. The van der Waals surface area contributed by atoms with Crippen molar-refractivity contribution >= 4 is 17.5 Å². The van der Waals surface area contributed by atoms with E-state index in [-0.39, 0.29) is 12.4 Å². The highest BCUT2D eigenvalue weighted by molar-refractivity contribution is 6.07. The third-order valence-corrected chi connectivity index (χ3v) is 3.96. The van der Waals surface area contributed by atoms with Crippen molar-refractivity contribution < 1.29 is 9.90 Å². The van der Waals surface area contributed by atoms with E-state index in [0.29, 0.717) is 12.1 Å². The zero-order valence-corrected chi connectivity index (χ0v) is 14.3. The first-order chi connectivity index (χ1) is 12.7. The SMILES string of the molecule is O=C(/C=C/c1cccnc1)c1cccc(NCc2ccc(CO)cc2)c1. The molecule has 0 fully saturated rings. The Balaban J connectivity index is 1.63. The average molecular weight is 344 g/mol. The third-order valence-electron chi connectivity index (χ3n) is 3.96. The van der Waals surface area contributed by atoms with E-state index >= 15 is 0 Å². The fraction of sp³-hybridized carbons (Fsp3) is 0.0909. The number of pyridine rings is 1. The molecular weight excluding hydrogens is 324 g/mol. The first-order valence-electron chi connectivity index (χ1n) is 8.39. The summed E-state index contributed by atoms with van der Waals surface area (Å²) in [4.78, 5) is 16.4. The maximum atomic E-state index is 12.4. The fourth-order valence-corrected chi connectivity index (χ4v) is 2.49. The summed E-state index contributed by atoms with van der Waals surface area (Å²) in [6.45, 7) is 0.694. The van der Waals surface area contributed by atoms with E-state index in [9.17, 15) is 4.79 Å². The number of hydrogen-bond donors (Lipinski definition) is 2. The number of carbonyl (C=O) groups excluding carboxylic acids is 1. The second-order valence-corrected chi connectivity index (χ2v) is 5.89. The van der Waals surface area contributed by atoms with Gasteiger partial charge in [0.05, 0.1) is 6.61 Å². The van der Waals surface area contributed by atoms with Crippen molar-refractivity contribution in [3.05, 3.63) is 101 Å². The van der Waals surface area contributed by atoms with Gasteiger partial charge in [0.1, 0.15) is 0 Å². The van der Waals surface area contributed by atoms with Gasteiger partial charge in [0.15, 0.2) is 5.78 Å². The molecule has 2 N–H and O–H groups in total. The van der Waals surface area contributed by atoms with E-state index in [0.717, 1.165) is 22.4 Å². The van der Waals surface area contributed by atoms with Crippen LogP contribution in [-0.2, 0) is 13.2 Å². The summed E-state index contributed by atoms with van der Waals surface area (Å²) in [7, 11) is 0. The minimum absolute atomic E-state index is 0.0461. The number of hydrogen-bond acceptors (Lipinski definition) is 4. The molecule has 0 saturated heterocycles. The van der Waals surface area contributed by atoms with Crippen LogP contribution in [0.4, 0.5) is 5.69 Å². The van der Waals surface area contributed by atoms with Gasteiger partial charge in [-0.25, -0.2) is 0 Å². The summed E-state index contributed by atoms with van der Waals surface area (Å²) in [5.74, 6) is -0.0511. The van der Waals surface area contributed by atoms with E-state index in [1.54, 1.807) is 30.6 Å². The smallest absolute Gasteiger partial charge is 0.185 e. The lowest BCUT2D eigenvalue weighted by Crippen LogP contribution is -2.01. The number of ketones is 1. The van der Waals surface area contributed by atoms with Crippen LogP contribution >= 0.6 is 0 Å². The van der Waals surface area contributed by atoms with Crippen molar-refractivity contribution in [3.63, 3.8) is 0 Å². The number of allylic oxidation sites excluding steroid dienone is 1. The molecule has 26 heavy (non-hydrogen) atoms. The Hall–Kier alpha value is -3.24. The molecule has 0 unspecified atom stereocenters. The normalized spacial score (nSPS) is 10.8. The number of nitrogens with zero attached hydrogens (tertiary/aromatic N) is 1. The first kappa shape index (κ1) is 17.6. The molecule has 4 nitrogen and oxygen atoms in total. The van der Waals surface area contributed by atoms with Crippen LogP contribution in [0.1, 0.15) is 27.0 Å². The minimum atomic E-state index is -0.0511. The Bertz CT molecular complexity index is 888. The van der Waals surface area contributed by atoms with Gasteiger partial charge >= 0.3 is 0 Å². The summed E-state index contributed by atoms with van der Waals surface area (Å²) in [5.41, 5.74) is 4.40.